The van der Waals surface area contributed by atoms with Crippen LogP contribution in [0.1, 0.15) is 41.6 Å². The van der Waals surface area contributed by atoms with Gasteiger partial charge in [0.1, 0.15) is 17.1 Å². The molecule has 6 nitrogen and oxygen atoms in total. The van der Waals surface area contributed by atoms with E-state index in [0.717, 1.165) is 28.5 Å². The largest absolute Gasteiger partial charge is 0.361 e. The number of pyridine rings is 1. The Balaban J connectivity index is 1.41. The molecule has 1 aliphatic rings. The molecule has 0 atom stereocenters. The fourth-order valence-electron chi connectivity index (χ4n) is 2.75. The lowest BCUT2D eigenvalue weighted by Crippen LogP contribution is -2.25. The van der Waals surface area contributed by atoms with Crippen LogP contribution in [0.2, 0.25) is 0 Å². The predicted molar refractivity (Wildman–Crippen MR) is 84.0 cm³/mol. The lowest BCUT2D eigenvalue weighted by atomic mass is 10.2. The average molecular weight is 310 g/mol. The number of hydrogen-bond acceptors (Lipinski definition) is 4. The summed E-state index contributed by atoms with van der Waals surface area (Å²) in [4.78, 5) is 16.7. The first-order valence-corrected chi connectivity index (χ1v) is 7.85. The van der Waals surface area contributed by atoms with Gasteiger partial charge < -0.3 is 14.2 Å². The molecular formula is C17H18N4O2. The molecule has 1 fully saturated rings. The van der Waals surface area contributed by atoms with E-state index in [-0.39, 0.29) is 5.91 Å². The first kappa shape index (κ1) is 14.0. The zero-order valence-electron chi connectivity index (χ0n) is 13.0. The zero-order valence-corrected chi connectivity index (χ0v) is 13.0. The molecule has 1 N–H and O–H groups in total. The molecule has 3 heterocycles. The minimum atomic E-state index is -0.0466. The van der Waals surface area contributed by atoms with Gasteiger partial charge in [-0.3, -0.25) is 4.79 Å². The van der Waals surface area contributed by atoms with Crippen molar-refractivity contribution in [3.63, 3.8) is 0 Å². The van der Waals surface area contributed by atoms with E-state index in [1.54, 1.807) is 0 Å². The molecule has 3 aromatic heterocycles. The summed E-state index contributed by atoms with van der Waals surface area (Å²) in [5.74, 6) is 1.43. The normalized spacial score (nSPS) is 14.3. The standard InChI is InChI=1S/C17H18N4O2/c1-11-14(21-7-3-2-4-16(21)19-11)9-17(22)18-10-13-8-15(23-20-13)12-5-6-12/h2-4,7-8,12H,5-6,9-10H2,1H3,(H,18,22). The van der Waals surface area contributed by atoms with Crippen molar-refractivity contribution in [3.05, 3.63) is 53.3 Å². The number of hydrogen-bond donors (Lipinski definition) is 1. The molecule has 0 spiro atoms. The van der Waals surface area contributed by atoms with Crippen molar-refractivity contribution in [3.8, 4) is 0 Å². The second kappa shape index (κ2) is 5.53. The molecule has 0 aliphatic heterocycles. The summed E-state index contributed by atoms with van der Waals surface area (Å²) in [5.41, 5.74) is 3.43. The number of nitrogens with one attached hydrogen (secondary N) is 1. The average Bonchev–Trinajstić information content (AvgIpc) is 3.21. The number of fused-ring (bicyclic) bond motifs is 1. The van der Waals surface area contributed by atoms with E-state index >= 15 is 0 Å². The van der Waals surface area contributed by atoms with Gasteiger partial charge in [0, 0.05) is 18.2 Å². The van der Waals surface area contributed by atoms with Gasteiger partial charge in [-0.25, -0.2) is 4.98 Å². The summed E-state index contributed by atoms with van der Waals surface area (Å²) in [7, 11) is 0. The lowest BCUT2D eigenvalue weighted by Gasteiger charge is -2.04. The van der Waals surface area contributed by atoms with Crippen molar-refractivity contribution in [2.75, 3.05) is 0 Å². The van der Waals surface area contributed by atoms with Crippen LogP contribution >= 0.6 is 0 Å². The van der Waals surface area contributed by atoms with E-state index in [4.69, 9.17) is 4.52 Å². The van der Waals surface area contributed by atoms with Crippen molar-refractivity contribution in [1.29, 1.82) is 0 Å². The summed E-state index contributed by atoms with van der Waals surface area (Å²) in [5, 5.41) is 6.91. The highest BCUT2D eigenvalue weighted by Crippen LogP contribution is 2.40. The summed E-state index contributed by atoms with van der Waals surface area (Å²) in [6, 6.07) is 7.75. The minimum Gasteiger partial charge on any atom is -0.361 e. The molecule has 23 heavy (non-hydrogen) atoms. The van der Waals surface area contributed by atoms with Crippen LogP contribution in [-0.2, 0) is 17.8 Å². The van der Waals surface area contributed by atoms with Gasteiger partial charge in [0.25, 0.3) is 0 Å². The number of aryl methyl sites for hydroxylation is 1. The van der Waals surface area contributed by atoms with Gasteiger partial charge >= 0.3 is 0 Å². The molecule has 0 bridgehead atoms. The molecule has 6 heteroatoms. The van der Waals surface area contributed by atoms with E-state index in [2.05, 4.69) is 15.5 Å². The number of rotatable bonds is 5. The van der Waals surface area contributed by atoms with Crippen LogP contribution in [0.4, 0.5) is 0 Å². The summed E-state index contributed by atoms with van der Waals surface area (Å²) in [6.45, 7) is 2.32. The maximum absolute atomic E-state index is 12.2. The Kier molecular flexibility index (Phi) is 3.37. The number of carbonyl (C=O) groups excluding carboxylic acids is 1. The van der Waals surface area contributed by atoms with Gasteiger partial charge in [-0.15, -0.1) is 0 Å². The molecule has 1 aliphatic carbocycles. The first-order chi connectivity index (χ1) is 11.2. The third-order valence-corrected chi connectivity index (χ3v) is 4.18. The van der Waals surface area contributed by atoms with E-state index in [0.29, 0.717) is 18.9 Å². The Morgan fingerprint density at radius 1 is 1.43 bits per heavy atom. The molecule has 118 valence electrons. The van der Waals surface area contributed by atoms with Gasteiger partial charge in [0.05, 0.1) is 24.4 Å². The number of carbonyl (C=O) groups is 1. The van der Waals surface area contributed by atoms with Gasteiger partial charge in [-0.05, 0) is 31.9 Å². The molecule has 0 unspecified atom stereocenters. The summed E-state index contributed by atoms with van der Waals surface area (Å²) < 4.78 is 7.24. The number of nitrogens with zero attached hydrogens (tertiary/aromatic N) is 3. The summed E-state index contributed by atoms with van der Waals surface area (Å²) >= 11 is 0. The van der Waals surface area contributed by atoms with Crippen molar-refractivity contribution >= 4 is 11.6 Å². The van der Waals surface area contributed by atoms with E-state index in [1.165, 1.54) is 12.8 Å². The number of amides is 1. The van der Waals surface area contributed by atoms with Crippen molar-refractivity contribution in [2.45, 2.75) is 38.6 Å². The van der Waals surface area contributed by atoms with Crippen LogP contribution in [0, 0.1) is 6.92 Å². The highest BCUT2D eigenvalue weighted by molar-refractivity contribution is 5.78. The van der Waals surface area contributed by atoms with E-state index in [9.17, 15) is 4.79 Å². The minimum absolute atomic E-state index is 0.0466. The van der Waals surface area contributed by atoms with E-state index < -0.39 is 0 Å². The van der Waals surface area contributed by atoms with Crippen molar-refractivity contribution in [1.82, 2.24) is 19.9 Å². The quantitative estimate of drug-likeness (QED) is 0.785. The molecule has 1 saturated carbocycles. The van der Waals surface area contributed by atoms with Gasteiger partial charge in [-0.2, -0.15) is 0 Å². The van der Waals surface area contributed by atoms with Crippen LogP contribution in [0.15, 0.2) is 35.0 Å². The smallest absolute Gasteiger partial charge is 0.226 e. The fourth-order valence-corrected chi connectivity index (χ4v) is 2.75. The molecule has 0 aromatic carbocycles. The Bertz CT molecular complexity index is 860. The number of aromatic nitrogens is 3. The lowest BCUT2D eigenvalue weighted by molar-refractivity contribution is -0.120. The Morgan fingerprint density at radius 2 is 2.30 bits per heavy atom. The molecule has 0 saturated heterocycles. The molecule has 3 aromatic rings. The van der Waals surface area contributed by atoms with Gasteiger partial charge in [0.15, 0.2) is 0 Å². The fraction of sp³-hybridized carbons (Fsp3) is 0.353. The molecule has 1 amide bonds. The molecular weight excluding hydrogens is 292 g/mol. The van der Waals surface area contributed by atoms with Crippen LogP contribution < -0.4 is 5.32 Å². The number of imidazole rings is 1. The Labute approximate surface area is 133 Å². The van der Waals surface area contributed by atoms with Gasteiger partial charge in [-0.1, -0.05) is 11.2 Å². The van der Waals surface area contributed by atoms with Gasteiger partial charge in [0.2, 0.25) is 5.91 Å². The van der Waals surface area contributed by atoms with Crippen molar-refractivity contribution < 1.29 is 9.32 Å². The van der Waals surface area contributed by atoms with Crippen LogP contribution in [0.5, 0.6) is 0 Å². The second-order valence-corrected chi connectivity index (χ2v) is 6.02. The summed E-state index contributed by atoms with van der Waals surface area (Å²) in [6.07, 6.45) is 4.57. The highest BCUT2D eigenvalue weighted by atomic mass is 16.5. The zero-order chi connectivity index (χ0) is 15.8. The topological polar surface area (TPSA) is 72.4 Å². The third-order valence-electron chi connectivity index (χ3n) is 4.18. The van der Waals surface area contributed by atoms with Crippen LogP contribution in [0.3, 0.4) is 0 Å². The second-order valence-electron chi connectivity index (χ2n) is 6.02. The monoisotopic (exact) mass is 310 g/mol. The van der Waals surface area contributed by atoms with Crippen molar-refractivity contribution in [2.24, 2.45) is 0 Å². The van der Waals surface area contributed by atoms with Crippen LogP contribution in [0.25, 0.3) is 5.65 Å². The maximum Gasteiger partial charge on any atom is 0.226 e. The Morgan fingerprint density at radius 3 is 3.13 bits per heavy atom. The molecule has 0 radical (unpaired) electrons. The van der Waals surface area contributed by atoms with E-state index in [1.807, 2.05) is 41.8 Å². The Hall–Kier alpha value is -2.63. The first-order valence-electron chi connectivity index (χ1n) is 7.85. The maximum atomic E-state index is 12.2. The predicted octanol–water partition coefficient (Wildman–Crippen LogP) is 2.37. The third kappa shape index (κ3) is 2.84. The SMILES string of the molecule is Cc1nc2ccccn2c1CC(=O)NCc1cc(C2CC2)on1. The molecule has 4 rings (SSSR count). The highest BCUT2D eigenvalue weighted by Gasteiger charge is 2.27. The van der Waals surface area contributed by atoms with Crippen LogP contribution in [-0.4, -0.2) is 20.4 Å².